The average Bonchev–Trinajstić information content (AvgIpc) is 3.11. The monoisotopic (exact) mass is 416 g/mol. The van der Waals surface area contributed by atoms with Gasteiger partial charge in [0.05, 0.1) is 10.9 Å². The molecule has 5 heteroatoms. The zero-order valence-electron chi connectivity index (χ0n) is 14.6. The van der Waals surface area contributed by atoms with Crippen molar-refractivity contribution in [3.8, 4) is 0 Å². The lowest BCUT2D eigenvalue weighted by atomic mass is 9.73. The summed E-state index contributed by atoms with van der Waals surface area (Å²) in [5, 5.41) is 3.09. The molecule has 5 rings (SSSR count). The summed E-state index contributed by atoms with van der Waals surface area (Å²) in [5.74, 6) is 0.382. The molecule has 1 saturated carbocycles. The van der Waals surface area contributed by atoms with Crippen LogP contribution >= 0.6 is 15.9 Å². The van der Waals surface area contributed by atoms with Gasteiger partial charge in [-0.15, -0.1) is 0 Å². The molecule has 0 atom stereocenters. The highest BCUT2D eigenvalue weighted by atomic mass is 79.9. The molecular weight excluding hydrogens is 395 g/mol. The van der Waals surface area contributed by atoms with E-state index in [0.717, 1.165) is 31.8 Å². The van der Waals surface area contributed by atoms with Gasteiger partial charge in [0.1, 0.15) is 5.82 Å². The third-order valence-corrected chi connectivity index (χ3v) is 6.31. The van der Waals surface area contributed by atoms with Gasteiger partial charge >= 0.3 is 0 Å². The Hall–Kier alpha value is -1.72. The highest BCUT2D eigenvalue weighted by Crippen LogP contribution is 2.50. The molecule has 0 radical (unpaired) electrons. The van der Waals surface area contributed by atoms with E-state index >= 15 is 0 Å². The van der Waals surface area contributed by atoms with Crippen molar-refractivity contribution in [2.45, 2.75) is 31.3 Å². The number of carbonyl (C=O) groups is 1. The first kappa shape index (κ1) is 17.7. The summed E-state index contributed by atoms with van der Waals surface area (Å²) in [5.41, 5.74) is 2.11. The Morgan fingerprint density at radius 1 is 1.19 bits per heavy atom. The van der Waals surface area contributed by atoms with Crippen LogP contribution in [0.4, 0.5) is 4.39 Å². The van der Waals surface area contributed by atoms with Gasteiger partial charge in [-0.1, -0.05) is 36.4 Å². The molecule has 2 aromatic carbocycles. The lowest BCUT2D eigenvalue weighted by Gasteiger charge is -2.42. The topological polar surface area (TPSA) is 32.3 Å². The Bertz CT molecular complexity index is 805. The van der Waals surface area contributed by atoms with Gasteiger partial charge in [-0.2, -0.15) is 0 Å². The van der Waals surface area contributed by atoms with Crippen molar-refractivity contribution < 1.29 is 9.18 Å². The summed E-state index contributed by atoms with van der Waals surface area (Å²) in [7, 11) is 0. The molecule has 1 amide bonds. The van der Waals surface area contributed by atoms with Crippen LogP contribution in [0.25, 0.3) is 0 Å². The van der Waals surface area contributed by atoms with E-state index in [9.17, 15) is 9.18 Å². The molecule has 2 heterocycles. The number of nitrogens with one attached hydrogen (secondary N) is 1. The molecule has 3 fully saturated rings. The summed E-state index contributed by atoms with van der Waals surface area (Å²) in [6, 6.07) is 15.3. The highest BCUT2D eigenvalue weighted by Gasteiger charge is 2.55. The van der Waals surface area contributed by atoms with E-state index in [4.69, 9.17) is 0 Å². The molecule has 2 aromatic rings. The molecule has 26 heavy (non-hydrogen) atoms. The average molecular weight is 417 g/mol. The predicted molar refractivity (Wildman–Crippen MR) is 103 cm³/mol. The van der Waals surface area contributed by atoms with Gasteiger partial charge in [0, 0.05) is 25.2 Å². The van der Waals surface area contributed by atoms with E-state index < -0.39 is 0 Å². The summed E-state index contributed by atoms with van der Waals surface area (Å²) in [6.07, 6.45) is 2.53. The van der Waals surface area contributed by atoms with Gasteiger partial charge in [0.2, 0.25) is 5.91 Å². The second-order valence-electron chi connectivity index (χ2n) is 7.57. The number of rotatable bonds is 6. The van der Waals surface area contributed by atoms with Crippen LogP contribution in [0.5, 0.6) is 0 Å². The predicted octanol–water partition coefficient (Wildman–Crippen LogP) is 3.91. The first-order valence-electron chi connectivity index (χ1n) is 9.04. The second-order valence-corrected chi connectivity index (χ2v) is 8.42. The van der Waals surface area contributed by atoms with E-state index in [1.165, 1.54) is 11.6 Å². The summed E-state index contributed by atoms with van der Waals surface area (Å²) < 4.78 is 14.0. The van der Waals surface area contributed by atoms with E-state index in [1.54, 1.807) is 12.1 Å². The Morgan fingerprint density at radius 3 is 2.69 bits per heavy atom. The smallest absolute Gasteiger partial charge is 0.224 e. The van der Waals surface area contributed by atoms with Crippen molar-refractivity contribution >= 4 is 21.8 Å². The van der Waals surface area contributed by atoms with E-state index in [0.29, 0.717) is 16.6 Å². The minimum absolute atomic E-state index is 0.0453. The molecule has 0 spiro atoms. The third kappa shape index (κ3) is 3.55. The fourth-order valence-electron chi connectivity index (χ4n) is 4.36. The fraction of sp³-hybridized carbons (Fsp3) is 0.381. The molecule has 0 aromatic heterocycles. The first-order valence-corrected chi connectivity index (χ1v) is 9.83. The Kier molecular flexibility index (Phi) is 4.84. The summed E-state index contributed by atoms with van der Waals surface area (Å²) in [4.78, 5) is 14.8. The molecule has 2 saturated heterocycles. The summed E-state index contributed by atoms with van der Waals surface area (Å²) in [6.45, 7) is 2.72. The van der Waals surface area contributed by atoms with Gasteiger partial charge in [0.15, 0.2) is 0 Å². The zero-order chi connectivity index (χ0) is 18.1. The van der Waals surface area contributed by atoms with Crippen molar-refractivity contribution in [3.63, 3.8) is 0 Å². The molecule has 0 unspecified atom stereocenters. The summed E-state index contributed by atoms with van der Waals surface area (Å²) >= 11 is 3.14. The number of carbonyl (C=O) groups excluding carboxylic acids is 1. The number of benzene rings is 2. The Labute approximate surface area is 161 Å². The maximum absolute atomic E-state index is 13.6. The van der Waals surface area contributed by atoms with Gasteiger partial charge < -0.3 is 5.32 Å². The van der Waals surface area contributed by atoms with Crippen LogP contribution in [0.2, 0.25) is 0 Å². The Balaban J connectivity index is 1.34. The van der Waals surface area contributed by atoms with Crippen LogP contribution in [0, 0.1) is 11.7 Å². The molecular formula is C21H22BrFN2O. The van der Waals surface area contributed by atoms with Crippen LogP contribution in [0.15, 0.2) is 53.0 Å². The number of nitrogens with zero attached hydrogens (tertiary/aromatic N) is 1. The standard InChI is InChI=1S/C21H22BrFN2O/c22-18-7-6-16(8-19(18)23)9-20(26)24-14-21-10-17(11-21)13-25(21)12-15-4-2-1-3-5-15/h1-8,17H,9-14H2,(H,24,26). The molecule has 1 aliphatic carbocycles. The van der Waals surface area contributed by atoms with Gasteiger partial charge in [-0.3, -0.25) is 9.69 Å². The third-order valence-electron chi connectivity index (χ3n) is 5.67. The van der Waals surface area contributed by atoms with E-state index in [1.807, 2.05) is 6.07 Å². The van der Waals surface area contributed by atoms with Crippen molar-refractivity contribution in [1.82, 2.24) is 10.2 Å². The largest absolute Gasteiger partial charge is 0.354 e. The molecule has 3 nitrogen and oxygen atoms in total. The zero-order valence-corrected chi connectivity index (χ0v) is 16.1. The van der Waals surface area contributed by atoms with Crippen LogP contribution in [0.3, 0.4) is 0 Å². The van der Waals surface area contributed by atoms with E-state index in [-0.39, 0.29) is 23.7 Å². The normalized spacial score (nSPS) is 24.3. The highest BCUT2D eigenvalue weighted by molar-refractivity contribution is 9.10. The van der Waals surface area contributed by atoms with Crippen molar-refractivity contribution in [3.05, 3.63) is 69.9 Å². The lowest BCUT2D eigenvalue weighted by molar-refractivity contribution is -0.121. The van der Waals surface area contributed by atoms with Crippen molar-refractivity contribution in [2.24, 2.45) is 5.92 Å². The SMILES string of the molecule is O=C(Cc1ccc(Br)c(F)c1)NCC12CC(CN1Cc1ccccc1)C2. The molecule has 136 valence electrons. The lowest BCUT2D eigenvalue weighted by Crippen LogP contribution is -2.54. The maximum atomic E-state index is 13.6. The quantitative estimate of drug-likeness (QED) is 0.773. The minimum atomic E-state index is -0.333. The van der Waals surface area contributed by atoms with Crippen LogP contribution in [0.1, 0.15) is 24.0 Å². The Morgan fingerprint density at radius 2 is 1.96 bits per heavy atom. The number of amides is 1. The van der Waals surface area contributed by atoms with Gasteiger partial charge in [-0.05, 0) is 57.9 Å². The van der Waals surface area contributed by atoms with Crippen LogP contribution in [-0.4, -0.2) is 29.4 Å². The van der Waals surface area contributed by atoms with E-state index in [2.05, 4.69) is 50.4 Å². The number of hydrogen-bond acceptors (Lipinski definition) is 2. The molecule has 2 bridgehead atoms. The number of fused-ring (bicyclic) bond motifs is 1. The van der Waals surface area contributed by atoms with Crippen molar-refractivity contribution in [1.29, 1.82) is 0 Å². The molecule has 1 N–H and O–H groups in total. The van der Waals surface area contributed by atoms with Crippen molar-refractivity contribution in [2.75, 3.05) is 13.1 Å². The van der Waals surface area contributed by atoms with Crippen LogP contribution in [-0.2, 0) is 17.8 Å². The molecule has 3 aliphatic rings. The minimum Gasteiger partial charge on any atom is -0.354 e. The van der Waals surface area contributed by atoms with Gasteiger partial charge in [0.25, 0.3) is 0 Å². The van der Waals surface area contributed by atoms with Crippen LogP contribution < -0.4 is 5.32 Å². The number of halogens is 2. The first-order chi connectivity index (χ1) is 12.5. The van der Waals surface area contributed by atoms with Gasteiger partial charge in [-0.25, -0.2) is 4.39 Å². The maximum Gasteiger partial charge on any atom is 0.224 e. The number of hydrogen-bond donors (Lipinski definition) is 1. The second kappa shape index (κ2) is 7.12. The fourth-order valence-corrected chi connectivity index (χ4v) is 4.61. The molecule has 2 aliphatic heterocycles.